The number of hydrogen-bond acceptors (Lipinski definition) is 4. The van der Waals surface area contributed by atoms with Gasteiger partial charge in [-0.1, -0.05) is 36.4 Å². The second-order valence-electron chi connectivity index (χ2n) is 6.79. The fraction of sp³-hybridized carbons (Fsp3) is 0.333. The summed E-state index contributed by atoms with van der Waals surface area (Å²) in [5.74, 6) is -0.307. The number of carbonyl (C=O) groups is 1. The third kappa shape index (κ3) is 4.06. The van der Waals surface area contributed by atoms with Crippen molar-refractivity contribution < 1.29 is 22.7 Å². The highest BCUT2D eigenvalue weighted by Crippen LogP contribution is 2.40. The van der Waals surface area contributed by atoms with Crippen molar-refractivity contribution in [2.24, 2.45) is 10.7 Å². The van der Waals surface area contributed by atoms with E-state index in [0.717, 1.165) is 5.56 Å². The Bertz CT molecular complexity index is 902. The quantitative estimate of drug-likeness (QED) is 0.683. The van der Waals surface area contributed by atoms with E-state index in [1.807, 2.05) is 18.2 Å². The highest BCUT2D eigenvalue weighted by Gasteiger charge is 2.49. The van der Waals surface area contributed by atoms with Crippen molar-refractivity contribution in [3.05, 3.63) is 65.2 Å². The number of unbranched alkanes of at least 4 members (excludes halogenated alkanes) is 1. The topological polar surface area (TPSA) is 67.9 Å². The van der Waals surface area contributed by atoms with Gasteiger partial charge in [-0.2, -0.15) is 8.78 Å². The molecular formula is C21H22F3N3O2. The Morgan fingerprint density at radius 1 is 1.14 bits per heavy atom. The van der Waals surface area contributed by atoms with Crippen molar-refractivity contribution in [1.82, 2.24) is 4.90 Å². The molecule has 1 amide bonds. The third-order valence-corrected chi connectivity index (χ3v) is 4.93. The molecule has 1 aliphatic heterocycles. The molecule has 0 saturated heterocycles. The predicted molar refractivity (Wildman–Crippen MR) is 104 cm³/mol. The maximum atomic E-state index is 13.2. The molecule has 1 unspecified atom stereocenters. The average molecular weight is 405 g/mol. The number of halogens is 3. The van der Waals surface area contributed by atoms with Gasteiger partial charge in [0.15, 0.2) is 11.5 Å². The summed E-state index contributed by atoms with van der Waals surface area (Å²) in [7, 11) is 1.53. The zero-order chi connectivity index (χ0) is 21.0. The number of nitrogens with zero attached hydrogens (tertiary/aromatic N) is 2. The number of carbonyl (C=O) groups excluding carboxylic acids is 1. The molecule has 29 heavy (non-hydrogen) atoms. The maximum Gasteiger partial charge on any atom is 0.387 e. The molecule has 1 aliphatic rings. The summed E-state index contributed by atoms with van der Waals surface area (Å²) in [6.07, 6.45) is 1.82. The lowest BCUT2D eigenvalue weighted by molar-refractivity contribution is -0.129. The Balaban J connectivity index is 2.05. The van der Waals surface area contributed by atoms with Crippen LogP contribution in [0.25, 0.3) is 0 Å². The van der Waals surface area contributed by atoms with E-state index in [1.54, 1.807) is 6.07 Å². The molecule has 2 aromatic carbocycles. The molecule has 3 rings (SSSR count). The van der Waals surface area contributed by atoms with Crippen LogP contribution in [-0.4, -0.2) is 37.1 Å². The fourth-order valence-electron chi connectivity index (χ4n) is 3.44. The number of aliphatic imine (C=N–C) groups is 1. The van der Waals surface area contributed by atoms with E-state index < -0.39 is 12.2 Å². The van der Waals surface area contributed by atoms with Crippen LogP contribution in [0.4, 0.5) is 13.2 Å². The molecular weight excluding hydrogens is 383 g/mol. The Morgan fingerprint density at radius 2 is 1.86 bits per heavy atom. The first-order chi connectivity index (χ1) is 13.9. The molecule has 0 spiro atoms. The monoisotopic (exact) mass is 405 g/mol. The van der Waals surface area contributed by atoms with Gasteiger partial charge in [-0.3, -0.25) is 14.1 Å². The molecule has 0 bridgehead atoms. The highest BCUT2D eigenvalue weighted by molar-refractivity contribution is 6.08. The van der Waals surface area contributed by atoms with E-state index in [9.17, 15) is 18.0 Å². The van der Waals surface area contributed by atoms with Gasteiger partial charge in [0.05, 0.1) is 6.67 Å². The highest BCUT2D eigenvalue weighted by atomic mass is 19.3. The number of ether oxygens (including phenoxy) is 1. The van der Waals surface area contributed by atoms with Crippen molar-refractivity contribution in [2.75, 3.05) is 13.7 Å². The third-order valence-electron chi connectivity index (χ3n) is 4.93. The van der Waals surface area contributed by atoms with E-state index in [4.69, 9.17) is 5.73 Å². The van der Waals surface area contributed by atoms with E-state index in [0.29, 0.717) is 30.4 Å². The normalized spacial score (nSPS) is 19.0. The molecule has 0 aliphatic carbocycles. The van der Waals surface area contributed by atoms with E-state index in [2.05, 4.69) is 9.73 Å². The zero-order valence-electron chi connectivity index (χ0n) is 15.9. The number of hydrogen-bond donors (Lipinski definition) is 1. The van der Waals surface area contributed by atoms with Crippen LogP contribution in [0.3, 0.4) is 0 Å². The number of alkyl halides is 3. The van der Waals surface area contributed by atoms with Gasteiger partial charge in [0.25, 0.3) is 5.91 Å². The first-order valence-electron chi connectivity index (χ1n) is 9.22. The minimum Gasteiger partial charge on any atom is -0.435 e. The molecule has 0 saturated carbocycles. The van der Waals surface area contributed by atoms with Crippen LogP contribution in [0.2, 0.25) is 0 Å². The molecule has 2 aromatic rings. The van der Waals surface area contributed by atoms with Crippen molar-refractivity contribution >= 4 is 11.9 Å². The summed E-state index contributed by atoms with van der Waals surface area (Å²) in [4.78, 5) is 18.9. The summed E-state index contributed by atoms with van der Waals surface area (Å²) in [5.41, 5.74) is 6.56. The number of nitrogens with two attached hydrogens (primary N) is 1. The first kappa shape index (κ1) is 20.7. The minimum atomic E-state index is -2.94. The summed E-state index contributed by atoms with van der Waals surface area (Å²) in [6.45, 7) is -3.32. The van der Waals surface area contributed by atoms with Gasteiger partial charge in [0.2, 0.25) is 0 Å². The van der Waals surface area contributed by atoms with Crippen molar-refractivity contribution in [1.29, 1.82) is 0 Å². The van der Waals surface area contributed by atoms with Crippen LogP contribution >= 0.6 is 0 Å². The Labute approximate surface area is 167 Å². The summed E-state index contributed by atoms with van der Waals surface area (Å²) < 4.78 is 41.7. The molecule has 1 atom stereocenters. The average Bonchev–Trinajstić information content (AvgIpc) is 2.93. The molecule has 1 heterocycles. The number of aryl methyl sites for hydroxylation is 1. The molecule has 8 heteroatoms. The first-order valence-corrected chi connectivity index (χ1v) is 9.22. The maximum absolute atomic E-state index is 13.2. The van der Waals surface area contributed by atoms with Gasteiger partial charge in [-0.05, 0) is 48.1 Å². The largest absolute Gasteiger partial charge is 0.435 e. The number of amides is 1. The van der Waals surface area contributed by atoms with Crippen molar-refractivity contribution in [3.8, 4) is 5.75 Å². The molecule has 2 N–H and O–H groups in total. The van der Waals surface area contributed by atoms with Crippen molar-refractivity contribution in [2.45, 2.75) is 31.4 Å². The van der Waals surface area contributed by atoms with Gasteiger partial charge in [-0.15, -0.1) is 0 Å². The lowest BCUT2D eigenvalue weighted by Crippen LogP contribution is -2.41. The van der Waals surface area contributed by atoms with Gasteiger partial charge >= 0.3 is 6.61 Å². The Kier molecular flexibility index (Phi) is 6.10. The van der Waals surface area contributed by atoms with E-state index >= 15 is 0 Å². The minimum absolute atomic E-state index is 0.0189. The van der Waals surface area contributed by atoms with Gasteiger partial charge in [-0.25, -0.2) is 4.99 Å². The van der Waals surface area contributed by atoms with Crippen LogP contribution in [-0.2, 0) is 16.8 Å². The molecule has 5 nitrogen and oxygen atoms in total. The Morgan fingerprint density at radius 3 is 2.45 bits per heavy atom. The van der Waals surface area contributed by atoms with Gasteiger partial charge < -0.3 is 10.5 Å². The summed E-state index contributed by atoms with van der Waals surface area (Å²) >= 11 is 0. The van der Waals surface area contributed by atoms with Crippen LogP contribution < -0.4 is 10.5 Å². The Hall–Kier alpha value is -3.03. The van der Waals surface area contributed by atoms with Crippen molar-refractivity contribution in [3.63, 3.8) is 0 Å². The number of benzene rings is 2. The number of guanidine groups is 1. The summed E-state index contributed by atoms with van der Waals surface area (Å²) in [5, 5.41) is 0. The number of rotatable bonds is 8. The molecule has 0 aromatic heterocycles. The molecule has 154 valence electrons. The van der Waals surface area contributed by atoms with Crippen LogP contribution in [0.5, 0.6) is 5.75 Å². The summed E-state index contributed by atoms with van der Waals surface area (Å²) in [6, 6.07) is 13.1. The van der Waals surface area contributed by atoms with Crippen LogP contribution in [0, 0.1) is 0 Å². The lowest BCUT2D eigenvalue weighted by atomic mass is 9.82. The zero-order valence-corrected chi connectivity index (χ0v) is 15.9. The number of likely N-dealkylation sites (N-methyl/N-ethyl adjacent to an activating group) is 1. The molecule has 0 fully saturated rings. The smallest absolute Gasteiger partial charge is 0.387 e. The second kappa shape index (κ2) is 8.55. The van der Waals surface area contributed by atoms with Gasteiger partial charge in [0.1, 0.15) is 5.75 Å². The predicted octanol–water partition coefficient (Wildman–Crippen LogP) is 3.61. The standard InChI is InChI=1S/C21H22F3N3O2/c1-27-18(28)21(26-20(27)25,15-8-10-17(11-9-15)29-19(23)24)16-7-4-6-14(13-16)5-2-3-12-22/h4,6-11,13,19H,2-3,5,12H2,1H3,(H2,25,26). The van der Waals surface area contributed by atoms with Gasteiger partial charge in [0, 0.05) is 7.05 Å². The fourth-order valence-corrected chi connectivity index (χ4v) is 3.44. The second-order valence-corrected chi connectivity index (χ2v) is 6.79. The van der Waals surface area contributed by atoms with E-state index in [1.165, 1.54) is 36.2 Å². The molecule has 0 radical (unpaired) electrons. The van der Waals surface area contributed by atoms with E-state index in [-0.39, 0.29) is 24.3 Å². The SMILES string of the molecule is CN1C(=O)C(c2ccc(OC(F)F)cc2)(c2cccc(CCCCF)c2)N=C1N. The van der Waals surface area contributed by atoms with Crippen LogP contribution in [0.15, 0.2) is 53.5 Å². The lowest BCUT2D eigenvalue weighted by Gasteiger charge is -2.26. The van der Waals surface area contributed by atoms with Crippen LogP contribution in [0.1, 0.15) is 29.5 Å².